The van der Waals surface area contributed by atoms with Gasteiger partial charge in [-0.25, -0.2) is 23.4 Å². The Bertz CT molecular complexity index is 2210. The van der Waals surface area contributed by atoms with Gasteiger partial charge in [-0.15, -0.1) is 0 Å². The molecular weight excluding hydrogens is 773 g/mol. The van der Waals surface area contributed by atoms with Crippen molar-refractivity contribution in [2.75, 3.05) is 41.3 Å². The van der Waals surface area contributed by atoms with E-state index in [0.717, 1.165) is 47.1 Å². The molecule has 3 amide bonds. The van der Waals surface area contributed by atoms with E-state index in [4.69, 9.17) is 9.72 Å². The number of halogens is 2. The summed E-state index contributed by atoms with van der Waals surface area (Å²) < 4.78 is 38.3. The summed E-state index contributed by atoms with van der Waals surface area (Å²) in [6.45, 7) is 12.4. The number of H-pyrrole nitrogens is 1. The van der Waals surface area contributed by atoms with Crippen LogP contribution < -0.4 is 15.1 Å². The molecule has 5 heterocycles. The predicted molar refractivity (Wildman–Crippen MR) is 227 cm³/mol. The normalized spacial score (nSPS) is 23.3. The van der Waals surface area contributed by atoms with Gasteiger partial charge in [0.1, 0.15) is 23.2 Å². The van der Waals surface area contributed by atoms with Gasteiger partial charge in [-0.1, -0.05) is 31.3 Å². The van der Waals surface area contributed by atoms with Crippen LogP contribution in [0.1, 0.15) is 94.4 Å². The van der Waals surface area contributed by atoms with E-state index in [1.165, 1.54) is 17.0 Å². The zero-order valence-corrected chi connectivity index (χ0v) is 35.6. The summed E-state index contributed by atoms with van der Waals surface area (Å²) in [5.74, 6) is -0.827. The Labute approximate surface area is 344 Å². The first-order chi connectivity index (χ1) is 28.0. The number of anilines is 3. The SMILES string of the molecule is CC(C)(C)OC(=O)N1CCC[C@H]1c1nc2ccc([C@@H]3CC[C@@H](c4ccc(NC(=O)[C@@H]5CCCN5C(=O)O)cc4)N3c3cc(F)c(N4CC[Si](C)(C)CC4)c(F)c3)cc2[nH]1. The van der Waals surface area contributed by atoms with Crippen molar-refractivity contribution in [2.45, 2.75) is 114 Å². The minimum Gasteiger partial charge on any atom is -0.465 e. The predicted octanol–water partition coefficient (Wildman–Crippen LogP) is 9.61. The van der Waals surface area contributed by atoms with Crippen molar-refractivity contribution < 1.29 is 33.0 Å². The van der Waals surface area contributed by atoms with E-state index >= 15 is 8.78 Å². The highest BCUT2D eigenvalue weighted by Crippen LogP contribution is 2.49. The van der Waals surface area contributed by atoms with Gasteiger partial charge >= 0.3 is 12.2 Å². The van der Waals surface area contributed by atoms with Gasteiger partial charge in [0.2, 0.25) is 5.91 Å². The quantitative estimate of drug-likeness (QED) is 0.157. The van der Waals surface area contributed by atoms with Crippen LogP contribution in [0.3, 0.4) is 0 Å². The second-order valence-corrected chi connectivity index (χ2v) is 23.7. The molecule has 4 aliphatic heterocycles. The third kappa shape index (κ3) is 8.35. The molecule has 4 fully saturated rings. The number of benzene rings is 3. The number of rotatable bonds is 7. The van der Waals surface area contributed by atoms with Crippen LogP contribution in [0.4, 0.5) is 35.4 Å². The lowest BCUT2D eigenvalue weighted by Gasteiger charge is -2.38. The summed E-state index contributed by atoms with van der Waals surface area (Å²) in [6.07, 6.45) is 2.62. The standard InChI is InChI=1S/C44H55F2N7O5Si/c1-44(2,3)58-43(57)52-19-6-8-37(52)40-48-33-15-12-28(24-34(33)49-40)36-17-16-35(27-10-13-29(14-11-27)47-41(54)38-9-7-18-51(38)42(55)56)53(36)30-25-31(45)39(32(46)26-30)50-20-22-59(4,5)23-21-50/h10-15,24-26,35-38H,6-9,16-23H2,1-5H3,(H,47,54)(H,48,49)(H,55,56)/t35-,36-,37-,38-/m0/s1. The van der Waals surface area contributed by atoms with E-state index < -0.39 is 37.4 Å². The minimum atomic E-state index is -1.37. The highest BCUT2D eigenvalue weighted by Gasteiger charge is 2.39. The molecule has 0 saturated carbocycles. The topological polar surface area (TPSA) is 134 Å². The lowest BCUT2D eigenvalue weighted by Crippen LogP contribution is -2.43. The molecule has 1 aromatic heterocycles. The van der Waals surface area contributed by atoms with Gasteiger partial charge in [-0.3, -0.25) is 14.6 Å². The summed E-state index contributed by atoms with van der Waals surface area (Å²) in [6, 6.07) is 16.9. The lowest BCUT2D eigenvalue weighted by molar-refractivity contribution is -0.119. The number of carbonyl (C=O) groups is 3. The molecule has 15 heteroatoms. The zero-order valence-electron chi connectivity index (χ0n) is 34.6. The Hall–Kier alpha value is -5.18. The van der Waals surface area contributed by atoms with Crippen LogP contribution in [0.25, 0.3) is 11.0 Å². The molecular formula is C44H55F2N7O5Si. The number of hydrogen-bond acceptors (Lipinski definition) is 7. The molecule has 0 bridgehead atoms. The smallest absolute Gasteiger partial charge is 0.410 e. The van der Waals surface area contributed by atoms with Gasteiger partial charge in [0.25, 0.3) is 0 Å². The van der Waals surface area contributed by atoms with E-state index in [-0.39, 0.29) is 35.8 Å². The molecule has 0 radical (unpaired) electrons. The summed E-state index contributed by atoms with van der Waals surface area (Å²) in [7, 11) is -1.37. The van der Waals surface area contributed by atoms with Crippen molar-refractivity contribution in [1.29, 1.82) is 0 Å². The van der Waals surface area contributed by atoms with Gasteiger partial charge in [0, 0.05) is 37.6 Å². The van der Waals surface area contributed by atoms with Crippen LogP contribution in [-0.4, -0.2) is 88.9 Å². The number of carboxylic acid groups (broad SMARTS) is 1. The number of imidazole rings is 1. The van der Waals surface area contributed by atoms with Gasteiger partial charge in [0.05, 0.1) is 37.2 Å². The maximum absolute atomic E-state index is 16.3. The maximum atomic E-state index is 16.3. The van der Waals surface area contributed by atoms with Crippen LogP contribution in [0, 0.1) is 11.6 Å². The Kier molecular flexibility index (Phi) is 10.9. The van der Waals surface area contributed by atoms with Crippen molar-refractivity contribution >= 4 is 54.3 Å². The maximum Gasteiger partial charge on any atom is 0.410 e. The fraction of sp³-hybridized carbons (Fsp3) is 0.500. The summed E-state index contributed by atoms with van der Waals surface area (Å²) in [5.41, 5.74) is 3.85. The number of carbonyl (C=O) groups excluding carboxylic acids is 2. The number of aromatic amines is 1. The minimum absolute atomic E-state index is 0.0353. The van der Waals surface area contributed by atoms with Crippen molar-refractivity contribution in [3.63, 3.8) is 0 Å². The molecule has 4 aromatic rings. The molecule has 8 rings (SSSR count). The monoisotopic (exact) mass is 827 g/mol. The average molecular weight is 828 g/mol. The molecule has 4 saturated heterocycles. The van der Waals surface area contributed by atoms with Crippen LogP contribution in [0.2, 0.25) is 25.2 Å². The van der Waals surface area contributed by atoms with E-state index in [9.17, 15) is 19.5 Å². The van der Waals surface area contributed by atoms with Crippen LogP contribution >= 0.6 is 0 Å². The molecule has 3 aromatic carbocycles. The van der Waals surface area contributed by atoms with E-state index in [2.05, 4.69) is 34.4 Å². The number of fused-ring (bicyclic) bond motifs is 1. The number of likely N-dealkylation sites (tertiary alicyclic amines) is 2. The van der Waals surface area contributed by atoms with Gasteiger partial charge < -0.3 is 29.9 Å². The number of amides is 3. The lowest BCUT2D eigenvalue weighted by atomic mass is 10.0. The van der Waals surface area contributed by atoms with Crippen LogP contribution in [0.15, 0.2) is 54.6 Å². The molecule has 0 aliphatic carbocycles. The first kappa shape index (κ1) is 40.6. The third-order valence-corrected chi connectivity index (χ3v) is 15.7. The largest absolute Gasteiger partial charge is 0.465 e. The van der Waals surface area contributed by atoms with E-state index in [1.54, 1.807) is 17.0 Å². The highest BCUT2D eigenvalue weighted by atomic mass is 28.3. The first-order valence-corrected chi connectivity index (χ1v) is 24.4. The number of aromatic nitrogens is 2. The number of nitrogens with one attached hydrogen (secondary N) is 2. The third-order valence-electron chi connectivity index (χ3n) is 12.6. The Morgan fingerprint density at radius 3 is 2.12 bits per heavy atom. The van der Waals surface area contributed by atoms with Crippen molar-refractivity contribution in [3.05, 3.63) is 83.2 Å². The van der Waals surface area contributed by atoms with Gasteiger partial charge in [-0.2, -0.15) is 0 Å². The van der Waals surface area contributed by atoms with Crippen molar-refractivity contribution in [2.24, 2.45) is 0 Å². The Morgan fingerprint density at radius 1 is 0.831 bits per heavy atom. The van der Waals surface area contributed by atoms with Crippen LogP contribution in [0.5, 0.6) is 0 Å². The first-order valence-electron chi connectivity index (χ1n) is 21.0. The fourth-order valence-corrected chi connectivity index (χ4v) is 11.4. The zero-order chi connectivity index (χ0) is 41.8. The molecule has 12 nitrogen and oxygen atoms in total. The highest BCUT2D eigenvalue weighted by molar-refractivity contribution is 6.77. The summed E-state index contributed by atoms with van der Waals surface area (Å²) in [4.78, 5) is 53.1. The van der Waals surface area contributed by atoms with Crippen molar-refractivity contribution in [3.8, 4) is 0 Å². The second kappa shape index (κ2) is 15.8. The molecule has 0 spiro atoms. The molecule has 314 valence electrons. The van der Waals surface area contributed by atoms with Crippen molar-refractivity contribution in [1.82, 2.24) is 19.8 Å². The van der Waals surface area contributed by atoms with E-state index in [1.807, 2.05) is 49.9 Å². The second-order valence-electron chi connectivity index (χ2n) is 18.4. The fourth-order valence-electron chi connectivity index (χ4n) is 9.45. The molecule has 4 aliphatic rings. The van der Waals surface area contributed by atoms with Gasteiger partial charge in [-0.05, 0) is 119 Å². The number of hydrogen-bond donors (Lipinski definition) is 3. The molecule has 0 unspecified atom stereocenters. The average Bonchev–Trinajstić information content (AvgIpc) is 4.00. The number of nitrogens with zero attached hydrogens (tertiary/aromatic N) is 5. The summed E-state index contributed by atoms with van der Waals surface area (Å²) in [5, 5.41) is 12.4. The van der Waals surface area contributed by atoms with E-state index in [0.29, 0.717) is 69.1 Å². The number of ether oxygens (including phenoxy) is 1. The Balaban J connectivity index is 1.10. The van der Waals surface area contributed by atoms with Crippen LogP contribution in [-0.2, 0) is 9.53 Å². The Morgan fingerprint density at radius 2 is 1.46 bits per heavy atom. The molecule has 4 atom stereocenters. The van der Waals surface area contributed by atoms with Gasteiger partial charge in [0.15, 0.2) is 11.6 Å². The molecule has 59 heavy (non-hydrogen) atoms. The summed E-state index contributed by atoms with van der Waals surface area (Å²) >= 11 is 0. The molecule has 3 N–H and O–H groups in total.